The highest BCUT2D eigenvalue weighted by atomic mass is 79.9. The second kappa shape index (κ2) is 5.35. The molecule has 1 aromatic carbocycles. The molecule has 3 nitrogen and oxygen atoms in total. The van der Waals surface area contributed by atoms with Crippen molar-refractivity contribution in [2.75, 3.05) is 7.11 Å². The highest BCUT2D eigenvalue weighted by Gasteiger charge is 2.15. The van der Waals surface area contributed by atoms with Gasteiger partial charge in [-0.2, -0.15) is 0 Å². The van der Waals surface area contributed by atoms with Crippen LogP contribution in [0, 0.1) is 0 Å². The third-order valence-corrected chi connectivity index (χ3v) is 4.98. The van der Waals surface area contributed by atoms with E-state index in [0.717, 1.165) is 29.2 Å². The van der Waals surface area contributed by atoms with Gasteiger partial charge in [0.1, 0.15) is 11.3 Å². The van der Waals surface area contributed by atoms with E-state index < -0.39 is 0 Å². The molecule has 0 aliphatic carbocycles. The summed E-state index contributed by atoms with van der Waals surface area (Å²) in [5.41, 5.74) is 1.74. The molecule has 0 amide bonds. The summed E-state index contributed by atoms with van der Waals surface area (Å²) >= 11 is 5.34. The molecule has 1 atom stereocenters. The van der Waals surface area contributed by atoms with Crippen LogP contribution in [0.4, 0.5) is 0 Å². The smallest absolute Gasteiger partial charge is 0.196 e. The van der Waals surface area contributed by atoms with E-state index in [-0.39, 0.29) is 4.83 Å². The Hall–Kier alpha value is -1.33. The average Bonchev–Trinajstić information content (AvgIpc) is 3.04. The van der Waals surface area contributed by atoms with E-state index in [4.69, 9.17) is 9.15 Å². The molecule has 0 fully saturated rings. The number of hydrogen-bond acceptors (Lipinski definition) is 4. The molecule has 0 aliphatic rings. The summed E-state index contributed by atoms with van der Waals surface area (Å²) < 4.78 is 10.9. The number of hydrogen-bond donors (Lipinski definition) is 0. The van der Waals surface area contributed by atoms with Gasteiger partial charge in [-0.3, -0.25) is 0 Å². The van der Waals surface area contributed by atoms with Crippen LogP contribution >= 0.6 is 27.3 Å². The van der Waals surface area contributed by atoms with Crippen molar-refractivity contribution >= 4 is 38.4 Å². The Balaban J connectivity index is 1.80. The number of nitrogens with zero attached hydrogens (tertiary/aromatic N) is 1. The van der Waals surface area contributed by atoms with Crippen LogP contribution in [0.5, 0.6) is 5.75 Å². The molecule has 19 heavy (non-hydrogen) atoms. The van der Waals surface area contributed by atoms with Gasteiger partial charge in [0.15, 0.2) is 11.5 Å². The van der Waals surface area contributed by atoms with Crippen LogP contribution in [0.1, 0.15) is 15.6 Å². The molecule has 2 aromatic heterocycles. The highest BCUT2D eigenvalue weighted by molar-refractivity contribution is 9.09. The van der Waals surface area contributed by atoms with Gasteiger partial charge in [0, 0.05) is 16.7 Å². The molecule has 0 spiro atoms. The van der Waals surface area contributed by atoms with Gasteiger partial charge in [0.25, 0.3) is 0 Å². The lowest BCUT2D eigenvalue weighted by Crippen LogP contribution is -1.92. The number of fused-ring (bicyclic) bond motifs is 1. The second-order valence-electron chi connectivity index (χ2n) is 4.14. The van der Waals surface area contributed by atoms with Gasteiger partial charge in [0.05, 0.1) is 11.9 Å². The van der Waals surface area contributed by atoms with Crippen molar-refractivity contribution in [3.63, 3.8) is 0 Å². The van der Waals surface area contributed by atoms with Gasteiger partial charge in [-0.25, -0.2) is 4.98 Å². The molecule has 0 N–H and O–H groups in total. The third-order valence-electron chi connectivity index (χ3n) is 2.83. The zero-order valence-electron chi connectivity index (χ0n) is 10.3. The molecule has 0 bridgehead atoms. The average molecular weight is 338 g/mol. The van der Waals surface area contributed by atoms with Crippen LogP contribution in [-0.4, -0.2) is 12.1 Å². The standard InChI is InChI=1S/C14H12BrNO2S/c1-17-9-6-13(19-8-9)10(15)7-14-16-11-4-2-3-5-12(11)18-14/h2-6,8,10H,7H2,1H3. The molecular formula is C14H12BrNO2S. The fourth-order valence-corrected chi connectivity index (χ4v) is 3.43. The van der Waals surface area contributed by atoms with Crippen LogP contribution in [0.3, 0.4) is 0 Å². The van der Waals surface area contributed by atoms with Crippen molar-refractivity contribution in [1.29, 1.82) is 0 Å². The van der Waals surface area contributed by atoms with E-state index in [0.29, 0.717) is 0 Å². The predicted molar refractivity (Wildman–Crippen MR) is 80.3 cm³/mol. The molecule has 98 valence electrons. The Bertz CT molecular complexity index is 658. The first-order chi connectivity index (χ1) is 9.26. The fraction of sp³-hybridized carbons (Fsp3) is 0.214. The lowest BCUT2D eigenvalue weighted by molar-refractivity contribution is 0.416. The lowest BCUT2D eigenvalue weighted by atomic mass is 10.2. The van der Waals surface area contributed by atoms with E-state index in [2.05, 4.69) is 20.9 Å². The first-order valence-electron chi connectivity index (χ1n) is 5.87. The van der Waals surface area contributed by atoms with E-state index in [1.54, 1.807) is 18.4 Å². The van der Waals surface area contributed by atoms with E-state index in [9.17, 15) is 0 Å². The highest BCUT2D eigenvalue weighted by Crippen LogP contribution is 2.34. The number of para-hydroxylation sites is 2. The van der Waals surface area contributed by atoms with Crippen molar-refractivity contribution in [3.05, 3.63) is 46.5 Å². The van der Waals surface area contributed by atoms with Gasteiger partial charge >= 0.3 is 0 Å². The summed E-state index contributed by atoms with van der Waals surface area (Å²) in [6, 6.07) is 9.84. The maximum atomic E-state index is 5.73. The Morgan fingerprint density at radius 3 is 3.00 bits per heavy atom. The van der Waals surface area contributed by atoms with Crippen LogP contribution < -0.4 is 4.74 Å². The molecule has 1 unspecified atom stereocenters. The molecule has 3 aromatic rings. The molecule has 0 saturated heterocycles. The number of methoxy groups -OCH3 is 1. The van der Waals surface area contributed by atoms with Crippen molar-refractivity contribution in [2.45, 2.75) is 11.2 Å². The Morgan fingerprint density at radius 1 is 1.42 bits per heavy atom. The number of thiophene rings is 1. The number of ether oxygens (including phenoxy) is 1. The fourth-order valence-electron chi connectivity index (χ4n) is 1.87. The number of halogens is 1. The topological polar surface area (TPSA) is 35.3 Å². The summed E-state index contributed by atoms with van der Waals surface area (Å²) in [5, 5.41) is 2.00. The SMILES string of the molecule is COc1csc(C(Br)Cc2nc3ccccc3o2)c1. The number of oxazole rings is 1. The molecule has 0 aliphatic heterocycles. The largest absolute Gasteiger partial charge is 0.496 e. The molecule has 2 heterocycles. The zero-order chi connectivity index (χ0) is 13.2. The van der Waals surface area contributed by atoms with Crippen LogP contribution in [-0.2, 0) is 6.42 Å². The minimum atomic E-state index is 0.189. The number of rotatable bonds is 4. The maximum absolute atomic E-state index is 5.73. The molecule has 5 heteroatoms. The Kier molecular flexibility index (Phi) is 3.57. The van der Waals surface area contributed by atoms with Gasteiger partial charge in [-0.1, -0.05) is 28.1 Å². The van der Waals surface area contributed by atoms with E-state index in [1.807, 2.05) is 35.7 Å². The van der Waals surface area contributed by atoms with Crippen molar-refractivity contribution in [1.82, 2.24) is 4.98 Å². The second-order valence-corrected chi connectivity index (χ2v) is 6.18. The van der Waals surface area contributed by atoms with Gasteiger partial charge in [0.2, 0.25) is 0 Å². The summed E-state index contributed by atoms with van der Waals surface area (Å²) in [6.07, 6.45) is 0.721. The quantitative estimate of drug-likeness (QED) is 0.654. The summed E-state index contributed by atoms with van der Waals surface area (Å²) in [5.74, 6) is 1.64. The number of alkyl halides is 1. The predicted octanol–water partition coefficient (Wildman–Crippen LogP) is 4.58. The van der Waals surface area contributed by atoms with Gasteiger partial charge < -0.3 is 9.15 Å². The van der Waals surface area contributed by atoms with Crippen LogP contribution in [0.2, 0.25) is 0 Å². The number of aromatic nitrogens is 1. The minimum Gasteiger partial charge on any atom is -0.496 e. The molecule has 0 saturated carbocycles. The Morgan fingerprint density at radius 2 is 2.26 bits per heavy atom. The summed E-state index contributed by atoms with van der Waals surface area (Å²) in [7, 11) is 1.68. The normalized spacial score (nSPS) is 12.7. The lowest BCUT2D eigenvalue weighted by Gasteiger charge is -2.03. The molecular weight excluding hydrogens is 326 g/mol. The molecule has 3 rings (SSSR count). The zero-order valence-corrected chi connectivity index (χ0v) is 12.7. The Labute approximate surface area is 123 Å². The van der Waals surface area contributed by atoms with Crippen LogP contribution in [0.15, 0.2) is 40.1 Å². The number of benzene rings is 1. The first kappa shape index (κ1) is 12.7. The maximum Gasteiger partial charge on any atom is 0.196 e. The monoisotopic (exact) mass is 337 g/mol. The van der Waals surface area contributed by atoms with E-state index >= 15 is 0 Å². The van der Waals surface area contributed by atoms with Crippen molar-refractivity contribution in [3.8, 4) is 5.75 Å². The van der Waals surface area contributed by atoms with Gasteiger partial charge in [-0.15, -0.1) is 11.3 Å². The first-order valence-corrected chi connectivity index (χ1v) is 7.67. The minimum absolute atomic E-state index is 0.189. The van der Waals surface area contributed by atoms with E-state index in [1.165, 1.54) is 4.88 Å². The van der Waals surface area contributed by atoms with Crippen molar-refractivity contribution < 1.29 is 9.15 Å². The third kappa shape index (κ3) is 2.67. The summed E-state index contributed by atoms with van der Waals surface area (Å²) in [4.78, 5) is 5.88. The summed E-state index contributed by atoms with van der Waals surface area (Å²) in [6.45, 7) is 0. The van der Waals surface area contributed by atoms with Crippen LogP contribution in [0.25, 0.3) is 11.1 Å². The van der Waals surface area contributed by atoms with Crippen molar-refractivity contribution in [2.24, 2.45) is 0 Å². The van der Waals surface area contributed by atoms with Gasteiger partial charge in [-0.05, 0) is 18.2 Å². The molecule has 0 radical (unpaired) electrons.